The van der Waals surface area contributed by atoms with E-state index in [1.807, 2.05) is 30.3 Å². The van der Waals surface area contributed by atoms with Gasteiger partial charge in [-0.15, -0.1) is 0 Å². The molecule has 0 aliphatic rings. The van der Waals surface area contributed by atoms with Crippen LogP contribution in [0, 0.1) is 0 Å². The third kappa shape index (κ3) is 5.70. The Kier molecular flexibility index (Phi) is 6.63. The summed E-state index contributed by atoms with van der Waals surface area (Å²) in [6.07, 6.45) is 3.02. The van der Waals surface area contributed by atoms with E-state index in [9.17, 15) is 9.59 Å². The minimum absolute atomic E-state index is 0.345. The molecule has 0 aromatic heterocycles. The highest BCUT2D eigenvalue weighted by molar-refractivity contribution is 6.35. The van der Waals surface area contributed by atoms with E-state index in [0.29, 0.717) is 22.0 Å². The van der Waals surface area contributed by atoms with E-state index >= 15 is 0 Å². The van der Waals surface area contributed by atoms with Crippen molar-refractivity contribution in [2.75, 3.05) is 0 Å². The maximum atomic E-state index is 12.2. The zero-order valence-corrected chi connectivity index (χ0v) is 14.0. The lowest BCUT2D eigenvalue weighted by Crippen LogP contribution is -2.36. The Morgan fingerprint density at radius 1 is 1.09 bits per heavy atom. The van der Waals surface area contributed by atoms with Gasteiger partial charge in [0.1, 0.15) is 6.29 Å². The number of amides is 1. The lowest BCUT2D eigenvalue weighted by molar-refractivity contribution is -0.109. The molecule has 120 valence electrons. The molecular weight excluding hydrogens is 333 g/mol. The van der Waals surface area contributed by atoms with Crippen LogP contribution in [0.4, 0.5) is 0 Å². The number of hydrogen-bond acceptors (Lipinski definition) is 2. The molecule has 5 heteroatoms. The Labute approximate surface area is 145 Å². The first kappa shape index (κ1) is 17.5. The predicted octanol–water partition coefficient (Wildman–Crippen LogP) is 4.31. The second-order valence-corrected chi connectivity index (χ2v) is 6.12. The van der Waals surface area contributed by atoms with Gasteiger partial charge < -0.3 is 10.1 Å². The molecule has 2 aromatic carbocycles. The Balaban J connectivity index is 1.88. The molecule has 0 bridgehead atoms. The van der Waals surface area contributed by atoms with E-state index in [-0.39, 0.29) is 5.91 Å². The van der Waals surface area contributed by atoms with Gasteiger partial charge >= 0.3 is 0 Å². The Bertz CT molecular complexity index is 654. The van der Waals surface area contributed by atoms with Crippen LogP contribution in [-0.4, -0.2) is 18.2 Å². The fourth-order valence-electron chi connectivity index (χ4n) is 2.28. The summed E-state index contributed by atoms with van der Waals surface area (Å²) >= 11 is 11.8. The fraction of sp³-hybridized carbons (Fsp3) is 0.222. The highest BCUT2D eigenvalue weighted by atomic mass is 35.5. The zero-order chi connectivity index (χ0) is 16.7. The zero-order valence-electron chi connectivity index (χ0n) is 12.5. The van der Waals surface area contributed by atoms with Gasteiger partial charge in [0.15, 0.2) is 0 Å². The first-order valence-electron chi connectivity index (χ1n) is 7.34. The van der Waals surface area contributed by atoms with E-state index in [1.165, 1.54) is 17.7 Å². The second kappa shape index (κ2) is 8.70. The molecule has 0 saturated heterocycles. The maximum Gasteiger partial charge on any atom is 0.251 e. The van der Waals surface area contributed by atoms with Crippen molar-refractivity contribution in [3.8, 4) is 0 Å². The Hall–Kier alpha value is -1.84. The van der Waals surface area contributed by atoms with Gasteiger partial charge in [-0.3, -0.25) is 4.79 Å². The standard InChI is InChI=1S/C18H17Cl2NO2/c19-15-9-14(10-16(20)11-15)18(23)21-17(12-22)8-4-7-13-5-2-1-3-6-13/h1-3,5-6,9-12,17H,4,7-8H2,(H,21,23)/t17-/m1/s1. The van der Waals surface area contributed by atoms with E-state index in [1.54, 1.807) is 6.07 Å². The van der Waals surface area contributed by atoms with E-state index in [4.69, 9.17) is 23.2 Å². The number of aldehydes is 1. The van der Waals surface area contributed by atoms with Gasteiger partial charge in [0.25, 0.3) is 5.91 Å². The summed E-state index contributed by atoms with van der Waals surface area (Å²) in [5, 5.41) is 3.47. The van der Waals surface area contributed by atoms with Crippen LogP contribution in [0.1, 0.15) is 28.8 Å². The molecular formula is C18H17Cl2NO2. The van der Waals surface area contributed by atoms with Gasteiger partial charge in [0.2, 0.25) is 0 Å². The van der Waals surface area contributed by atoms with Gasteiger partial charge in [-0.25, -0.2) is 0 Å². The molecule has 0 fully saturated rings. The molecule has 0 spiro atoms. The summed E-state index contributed by atoms with van der Waals surface area (Å²) in [5.41, 5.74) is 1.56. The third-order valence-corrected chi connectivity index (χ3v) is 3.87. The molecule has 2 aromatic rings. The number of carbonyl (C=O) groups excluding carboxylic acids is 2. The molecule has 23 heavy (non-hydrogen) atoms. The SMILES string of the molecule is O=C[C@@H](CCCc1ccccc1)NC(=O)c1cc(Cl)cc(Cl)c1. The highest BCUT2D eigenvalue weighted by Gasteiger charge is 2.14. The van der Waals surface area contributed by atoms with Crippen molar-refractivity contribution >= 4 is 35.4 Å². The number of carbonyl (C=O) groups is 2. The number of benzene rings is 2. The summed E-state index contributed by atoms with van der Waals surface area (Å²) < 4.78 is 0. The largest absolute Gasteiger partial charge is 0.343 e. The van der Waals surface area contributed by atoms with Crippen LogP contribution in [0.2, 0.25) is 10.0 Å². The van der Waals surface area contributed by atoms with Crippen LogP contribution in [0.5, 0.6) is 0 Å². The van der Waals surface area contributed by atoms with Crippen molar-refractivity contribution in [2.45, 2.75) is 25.3 Å². The molecule has 0 aliphatic heterocycles. The summed E-state index contributed by atoms with van der Waals surface area (Å²) in [7, 11) is 0. The van der Waals surface area contributed by atoms with Crippen molar-refractivity contribution in [3.63, 3.8) is 0 Å². The molecule has 0 saturated carbocycles. The van der Waals surface area contributed by atoms with E-state index in [0.717, 1.165) is 19.1 Å². The van der Waals surface area contributed by atoms with Crippen LogP contribution in [-0.2, 0) is 11.2 Å². The van der Waals surface area contributed by atoms with Crippen molar-refractivity contribution in [1.29, 1.82) is 0 Å². The van der Waals surface area contributed by atoms with Crippen molar-refractivity contribution in [1.82, 2.24) is 5.32 Å². The molecule has 3 nitrogen and oxygen atoms in total. The first-order chi connectivity index (χ1) is 11.1. The summed E-state index contributed by atoms with van der Waals surface area (Å²) in [6, 6.07) is 14.1. The predicted molar refractivity (Wildman–Crippen MR) is 93.2 cm³/mol. The molecule has 1 amide bonds. The minimum Gasteiger partial charge on any atom is -0.343 e. The molecule has 0 heterocycles. The average Bonchev–Trinajstić information content (AvgIpc) is 2.54. The van der Waals surface area contributed by atoms with Crippen molar-refractivity contribution < 1.29 is 9.59 Å². The average molecular weight is 350 g/mol. The quantitative estimate of drug-likeness (QED) is 0.756. The molecule has 0 aliphatic carbocycles. The summed E-state index contributed by atoms with van der Waals surface area (Å²) in [6.45, 7) is 0. The molecule has 1 atom stereocenters. The van der Waals surface area contributed by atoms with E-state index in [2.05, 4.69) is 5.32 Å². The highest BCUT2D eigenvalue weighted by Crippen LogP contribution is 2.19. The number of aryl methyl sites for hydroxylation is 1. The second-order valence-electron chi connectivity index (χ2n) is 5.25. The van der Waals surface area contributed by atoms with Crippen LogP contribution < -0.4 is 5.32 Å². The molecule has 0 unspecified atom stereocenters. The Morgan fingerprint density at radius 3 is 2.35 bits per heavy atom. The number of halogens is 2. The van der Waals surface area contributed by atoms with E-state index < -0.39 is 6.04 Å². The molecule has 2 rings (SSSR count). The lowest BCUT2D eigenvalue weighted by atomic mass is 10.0. The molecule has 0 radical (unpaired) electrons. The number of rotatable bonds is 7. The van der Waals surface area contributed by atoms with Crippen molar-refractivity contribution in [3.05, 3.63) is 69.7 Å². The normalized spacial score (nSPS) is 11.7. The maximum absolute atomic E-state index is 12.2. The third-order valence-electron chi connectivity index (χ3n) is 3.43. The monoisotopic (exact) mass is 349 g/mol. The van der Waals surface area contributed by atoms with Gasteiger partial charge in [-0.1, -0.05) is 53.5 Å². The lowest BCUT2D eigenvalue weighted by Gasteiger charge is -2.13. The van der Waals surface area contributed by atoms with Crippen LogP contribution >= 0.6 is 23.2 Å². The summed E-state index contributed by atoms with van der Waals surface area (Å²) in [5.74, 6) is -0.355. The van der Waals surface area contributed by atoms with Crippen molar-refractivity contribution in [2.24, 2.45) is 0 Å². The van der Waals surface area contributed by atoms with Crippen LogP contribution in [0.25, 0.3) is 0 Å². The smallest absolute Gasteiger partial charge is 0.251 e. The summed E-state index contributed by atoms with van der Waals surface area (Å²) in [4.78, 5) is 23.3. The fourth-order valence-corrected chi connectivity index (χ4v) is 2.81. The number of nitrogens with one attached hydrogen (secondary N) is 1. The first-order valence-corrected chi connectivity index (χ1v) is 8.10. The van der Waals surface area contributed by atoms with Gasteiger partial charge in [-0.2, -0.15) is 0 Å². The minimum atomic E-state index is -0.524. The van der Waals surface area contributed by atoms with Gasteiger partial charge in [-0.05, 0) is 43.0 Å². The Morgan fingerprint density at radius 2 is 1.74 bits per heavy atom. The van der Waals surface area contributed by atoms with Gasteiger partial charge in [0, 0.05) is 15.6 Å². The number of hydrogen-bond donors (Lipinski definition) is 1. The van der Waals surface area contributed by atoms with Gasteiger partial charge in [0.05, 0.1) is 6.04 Å². The topological polar surface area (TPSA) is 46.2 Å². The van der Waals surface area contributed by atoms with Crippen LogP contribution in [0.3, 0.4) is 0 Å². The molecule has 1 N–H and O–H groups in total. The van der Waals surface area contributed by atoms with Crippen LogP contribution in [0.15, 0.2) is 48.5 Å².